The summed E-state index contributed by atoms with van der Waals surface area (Å²) in [6.07, 6.45) is 7.25. The highest BCUT2D eigenvalue weighted by atomic mass is 32.2. The van der Waals surface area contributed by atoms with Gasteiger partial charge in [0, 0.05) is 5.75 Å². The summed E-state index contributed by atoms with van der Waals surface area (Å²) < 4.78 is 16.6. The highest BCUT2D eigenvalue weighted by Crippen LogP contribution is 2.21. The maximum absolute atomic E-state index is 11.2. The van der Waals surface area contributed by atoms with E-state index in [1.54, 1.807) is 0 Å². The Morgan fingerprint density at radius 2 is 2.00 bits per heavy atom. The molecule has 0 aromatic rings. The molecule has 1 aliphatic carbocycles. The zero-order valence-electron chi connectivity index (χ0n) is 7.75. The van der Waals surface area contributed by atoms with E-state index in [1.807, 2.05) is 6.92 Å². The summed E-state index contributed by atoms with van der Waals surface area (Å²) in [4.78, 5) is 0. The van der Waals surface area contributed by atoms with Gasteiger partial charge in [-0.1, -0.05) is 26.2 Å². The van der Waals surface area contributed by atoms with Gasteiger partial charge in [-0.25, -0.2) is 4.21 Å². The van der Waals surface area contributed by atoms with Crippen LogP contribution in [0.4, 0.5) is 0 Å². The first-order valence-corrected chi connectivity index (χ1v) is 6.13. The van der Waals surface area contributed by atoms with Crippen LogP contribution in [0.3, 0.4) is 0 Å². The lowest BCUT2D eigenvalue weighted by Gasteiger charge is -2.20. The summed E-state index contributed by atoms with van der Waals surface area (Å²) in [6, 6.07) is 0. The van der Waals surface area contributed by atoms with Crippen molar-refractivity contribution in [3.63, 3.8) is 0 Å². The highest BCUT2D eigenvalue weighted by Gasteiger charge is 2.16. The van der Waals surface area contributed by atoms with Crippen molar-refractivity contribution in [1.82, 2.24) is 0 Å². The van der Waals surface area contributed by atoms with Crippen molar-refractivity contribution in [2.45, 2.75) is 51.6 Å². The average Bonchev–Trinajstić information content (AvgIpc) is 2.06. The van der Waals surface area contributed by atoms with Crippen LogP contribution in [0, 0.1) is 0 Å². The van der Waals surface area contributed by atoms with E-state index in [0.29, 0.717) is 5.75 Å². The molecule has 12 heavy (non-hydrogen) atoms. The van der Waals surface area contributed by atoms with E-state index in [2.05, 4.69) is 0 Å². The smallest absolute Gasteiger partial charge is 0.155 e. The molecule has 1 saturated carbocycles. The highest BCUT2D eigenvalue weighted by molar-refractivity contribution is 7.80. The lowest BCUT2D eigenvalue weighted by atomic mass is 9.98. The molecule has 0 heterocycles. The fourth-order valence-corrected chi connectivity index (χ4v) is 2.45. The minimum absolute atomic E-state index is 0.283. The van der Waals surface area contributed by atoms with Gasteiger partial charge in [-0.2, -0.15) is 0 Å². The average molecular weight is 190 g/mol. The van der Waals surface area contributed by atoms with E-state index in [1.165, 1.54) is 19.3 Å². The minimum atomic E-state index is -1.02. The first kappa shape index (κ1) is 10.2. The largest absolute Gasteiger partial charge is 0.287 e. The van der Waals surface area contributed by atoms with Gasteiger partial charge < -0.3 is 0 Å². The Morgan fingerprint density at radius 3 is 2.58 bits per heavy atom. The van der Waals surface area contributed by atoms with Crippen LogP contribution in [0.5, 0.6) is 0 Å². The van der Waals surface area contributed by atoms with Crippen molar-refractivity contribution in [2.24, 2.45) is 0 Å². The molecule has 3 heteroatoms. The molecule has 1 atom stereocenters. The summed E-state index contributed by atoms with van der Waals surface area (Å²) in [7, 11) is 0. The Morgan fingerprint density at radius 1 is 1.33 bits per heavy atom. The van der Waals surface area contributed by atoms with Gasteiger partial charge in [0.1, 0.15) is 0 Å². The second-order valence-corrected chi connectivity index (χ2v) is 4.57. The summed E-state index contributed by atoms with van der Waals surface area (Å²) in [6.45, 7) is 2.03. The van der Waals surface area contributed by atoms with Gasteiger partial charge in [0.15, 0.2) is 11.1 Å². The van der Waals surface area contributed by atoms with Crippen LogP contribution in [0.25, 0.3) is 0 Å². The lowest BCUT2D eigenvalue weighted by Crippen LogP contribution is -2.18. The Labute approximate surface area is 77.3 Å². The Kier molecular flexibility index (Phi) is 4.84. The second kappa shape index (κ2) is 5.70. The number of rotatable bonds is 4. The molecule has 1 unspecified atom stereocenters. The molecule has 1 fully saturated rings. The van der Waals surface area contributed by atoms with Crippen molar-refractivity contribution in [3.8, 4) is 0 Å². The van der Waals surface area contributed by atoms with Gasteiger partial charge in [-0.15, -0.1) is 0 Å². The molecule has 0 amide bonds. The zero-order valence-corrected chi connectivity index (χ0v) is 8.57. The molecule has 2 nitrogen and oxygen atoms in total. The van der Waals surface area contributed by atoms with Crippen LogP contribution in [0.2, 0.25) is 0 Å². The van der Waals surface area contributed by atoms with E-state index >= 15 is 0 Å². The van der Waals surface area contributed by atoms with Gasteiger partial charge >= 0.3 is 0 Å². The molecule has 1 rings (SSSR count). The zero-order chi connectivity index (χ0) is 8.81. The van der Waals surface area contributed by atoms with E-state index < -0.39 is 11.1 Å². The summed E-state index contributed by atoms with van der Waals surface area (Å²) in [5.41, 5.74) is 0. The van der Waals surface area contributed by atoms with Crippen molar-refractivity contribution >= 4 is 11.1 Å². The maximum Gasteiger partial charge on any atom is 0.155 e. The first-order chi connectivity index (χ1) is 5.83. The maximum atomic E-state index is 11.2. The molecule has 0 aliphatic heterocycles. The van der Waals surface area contributed by atoms with Gasteiger partial charge in [-0.3, -0.25) is 4.18 Å². The van der Waals surface area contributed by atoms with Crippen LogP contribution >= 0.6 is 0 Å². The summed E-state index contributed by atoms with van der Waals surface area (Å²) in [5, 5.41) is 0. The molecular weight excluding hydrogens is 172 g/mol. The third kappa shape index (κ3) is 3.68. The molecule has 0 spiro atoms. The summed E-state index contributed by atoms with van der Waals surface area (Å²) in [5.74, 6) is 0.691. The van der Waals surface area contributed by atoms with Crippen molar-refractivity contribution in [1.29, 1.82) is 0 Å². The van der Waals surface area contributed by atoms with E-state index in [9.17, 15) is 4.21 Å². The monoisotopic (exact) mass is 190 g/mol. The topological polar surface area (TPSA) is 26.3 Å². The molecule has 72 valence electrons. The quantitative estimate of drug-likeness (QED) is 0.680. The lowest BCUT2D eigenvalue weighted by molar-refractivity contribution is 0.174. The molecule has 0 N–H and O–H groups in total. The molecular formula is C9H18O2S. The molecule has 0 radical (unpaired) electrons. The molecule has 0 saturated heterocycles. The first-order valence-electron chi connectivity index (χ1n) is 4.88. The van der Waals surface area contributed by atoms with Crippen molar-refractivity contribution < 1.29 is 8.39 Å². The fraction of sp³-hybridized carbons (Fsp3) is 1.00. The van der Waals surface area contributed by atoms with Gasteiger partial charge in [-0.05, 0) is 19.3 Å². The van der Waals surface area contributed by atoms with E-state index in [-0.39, 0.29) is 6.10 Å². The van der Waals surface area contributed by atoms with Crippen LogP contribution < -0.4 is 0 Å². The number of hydrogen-bond donors (Lipinski definition) is 0. The molecule has 0 bridgehead atoms. The standard InChI is InChI=1S/C9H18O2S/c1-2-8-12(10)11-9-6-4-3-5-7-9/h9H,2-8H2,1H3. The predicted molar refractivity (Wildman–Crippen MR) is 51.3 cm³/mol. The minimum Gasteiger partial charge on any atom is -0.287 e. The van der Waals surface area contributed by atoms with Gasteiger partial charge in [0.05, 0.1) is 6.10 Å². The number of hydrogen-bond acceptors (Lipinski definition) is 2. The van der Waals surface area contributed by atoms with Crippen molar-refractivity contribution in [3.05, 3.63) is 0 Å². The van der Waals surface area contributed by atoms with Gasteiger partial charge in [0.25, 0.3) is 0 Å². The Bertz CT molecular complexity index is 141. The second-order valence-electron chi connectivity index (χ2n) is 3.36. The molecule has 0 aromatic carbocycles. The van der Waals surface area contributed by atoms with E-state index in [4.69, 9.17) is 4.18 Å². The third-order valence-electron chi connectivity index (χ3n) is 2.17. The van der Waals surface area contributed by atoms with Gasteiger partial charge in [0.2, 0.25) is 0 Å². The Hall–Kier alpha value is 0.110. The normalized spacial score (nSPS) is 22.4. The SMILES string of the molecule is CCCS(=O)OC1CCCCC1. The van der Waals surface area contributed by atoms with Crippen LogP contribution in [-0.4, -0.2) is 16.1 Å². The fourth-order valence-electron chi connectivity index (χ4n) is 1.53. The Balaban J connectivity index is 2.15. The molecule has 1 aliphatic rings. The van der Waals surface area contributed by atoms with Crippen molar-refractivity contribution in [2.75, 3.05) is 5.75 Å². The molecule has 0 aromatic heterocycles. The van der Waals surface area contributed by atoms with Crippen LogP contribution in [0.15, 0.2) is 0 Å². The predicted octanol–water partition coefficient (Wildman–Crippen LogP) is 2.41. The van der Waals surface area contributed by atoms with Crippen LogP contribution in [-0.2, 0) is 15.3 Å². The third-order valence-corrected chi connectivity index (χ3v) is 3.39. The van der Waals surface area contributed by atoms with E-state index in [0.717, 1.165) is 19.3 Å². The summed E-state index contributed by atoms with van der Waals surface area (Å²) >= 11 is -1.02. The van der Waals surface area contributed by atoms with Crippen LogP contribution in [0.1, 0.15) is 45.4 Å².